The van der Waals surface area contributed by atoms with Crippen molar-refractivity contribution in [3.63, 3.8) is 0 Å². The molecule has 0 spiro atoms. The Balaban J connectivity index is 0.000000154. The van der Waals surface area contributed by atoms with Crippen LogP contribution in [0.5, 0.6) is 0 Å². The molecule has 12 heteroatoms. The fourth-order valence-corrected chi connectivity index (χ4v) is 7.09. The van der Waals surface area contributed by atoms with Gasteiger partial charge in [0, 0.05) is 35.7 Å². The maximum Gasteiger partial charge on any atom is 0.174 e. The molecule has 9 N–H and O–H groups in total. The van der Waals surface area contributed by atoms with Gasteiger partial charge in [-0.1, -0.05) is 18.2 Å². The van der Waals surface area contributed by atoms with Crippen LogP contribution in [0.1, 0.15) is 74.9 Å². The highest BCUT2D eigenvalue weighted by molar-refractivity contribution is 7.71. The Morgan fingerprint density at radius 1 is 0.511 bits per heavy atom. The number of imidazole rings is 3. The predicted octanol–water partition coefficient (Wildman–Crippen LogP) is 7.00. The van der Waals surface area contributed by atoms with Gasteiger partial charge in [0.25, 0.3) is 0 Å². The van der Waals surface area contributed by atoms with E-state index < -0.39 is 0 Å². The maximum atomic E-state index is 9.08. The van der Waals surface area contributed by atoms with Crippen LogP contribution in [0.25, 0.3) is 0 Å². The molecule has 246 valence electrons. The first-order chi connectivity index (χ1) is 21.8. The van der Waals surface area contributed by atoms with E-state index in [0.29, 0.717) is 32.1 Å². The largest absolute Gasteiger partial charge is 0.392 e. The van der Waals surface area contributed by atoms with Crippen LogP contribution in [0.4, 0.5) is 0 Å². The lowest BCUT2D eigenvalue weighted by atomic mass is 9.86. The Morgan fingerprint density at radius 3 is 1.02 bits per heavy atom. The summed E-state index contributed by atoms with van der Waals surface area (Å²) in [5.41, 5.74) is 7.05. The third-order valence-corrected chi connectivity index (χ3v) is 9.43. The van der Waals surface area contributed by atoms with Gasteiger partial charge in [-0.2, -0.15) is 0 Å². The van der Waals surface area contributed by atoms with Crippen LogP contribution in [0, 0.1) is 32.1 Å². The average Bonchev–Trinajstić information content (AvgIpc) is 3.79. The number of aromatic amines is 6. The van der Waals surface area contributed by atoms with Crippen molar-refractivity contribution < 1.29 is 15.3 Å². The van der Waals surface area contributed by atoms with Crippen LogP contribution in [-0.2, 0) is 19.3 Å². The molecule has 45 heavy (non-hydrogen) atoms. The number of aromatic nitrogens is 6. The molecule has 3 heterocycles. The SMILES string of the molecule is OCC1=CCCC(Cc2c[nH]c(=S)[nH]2)C1.OCC1=CCC[C@@H](Cc2c[nH]c(=S)[nH]2)C1.OCC1=CCC[C@H](Cc2c[nH]c(=S)[nH]2)C1. The van der Waals surface area contributed by atoms with Crippen LogP contribution in [0.3, 0.4) is 0 Å². The van der Waals surface area contributed by atoms with Crippen molar-refractivity contribution in [1.29, 1.82) is 0 Å². The summed E-state index contributed by atoms with van der Waals surface area (Å²) >= 11 is 15.0. The number of aliphatic hydroxyl groups excluding tert-OH is 3. The number of hydrogen-bond acceptors (Lipinski definition) is 6. The molecule has 0 saturated carbocycles. The zero-order chi connectivity index (χ0) is 32.0. The van der Waals surface area contributed by atoms with E-state index in [1.54, 1.807) is 0 Å². The highest BCUT2D eigenvalue weighted by Crippen LogP contribution is 2.28. The highest BCUT2D eigenvalue weighted by Gasteiger charge is 2.18. The van der Waals surface area contributed by atoms with Gasteiger partial charge in [0.2, 0.25) is 0 Å². The summed E-state index contributed by atoms with van der Waals surface area (Å²) in [5, 5.41) is 27.2. The lowest BCUT2D eigenvalue weighted by molar-refractivity contribution is 0.310. The quantitative estimate of drug-likeness (QED) is 0.0881. The Morgan fingerprint density at radius 2 is 0.800 bits per heavy atom. The molecule has 0 amide bonds. The molecular weight excluding hydrogens is 625 g/mol. The van der Waals surface area contributed by atoms with Gasteiger partial charge in [-0.3, -0.25) is 0 Å². The Hall–Kier alpha value is -2.61. The Kier molecular flexibility index (Phi) is 14.5. The molecule has 0 aromatic carbocycles. The first kappa shape index (κ1) is 35.2. The topological polar surface area (TPSA) is 155 Å². The van der Waals surface area contributed by atoms with Crippen molar-refractivity contribution in [3.05, 3.63) is 84.9 Å². The molecular formula is C33H48N6O3S3. The number of hydrogen-bond donors (Lipinski definition) is 9. The Bertz CT molecular complexity index is 1400. The minimum Gasteiger partial charge on any atom is -0.392 e. The minimum absolute atomic E-state index is 0.208. The molecule has 0 bridgehead atoms. The number of allylic oxidation sites excluding steroid dienone is 3. The third kappa shape index (κ3) is 12.3. The number of aliphatic hydroxyl groups is 3. The summed E-state index contributed by atoms with van der Waals surface area (Å²) in [7, 11) is 0. The standard InChI is InChI=1S/3C11H16N2OS/c3*14-7-9-3-1-2-8(4-9)5-10-6-12-11(15)13-10/h3*3,6,8,14H,1-2,4-5,7H2,(H2,12,13,15)/t2*8-;/m10./s1. The fraction of sp³-hybridized carbons (Fsp3) is 0.545. The van der Waals surface area contributed by atoms with Crippen molar-refractivity contribution in [3.8, 4) is 0 Å². The van der Waals surface area contributed by atoms with Crippen LogP contribution in [-0.4, -0.2) is 65.0 Å². The van der Waals surface area contributed by atoms with E-state index in [1.807, 2.05) is 18.6 Å². The molecule has 3 aromatic rings. The highest BCUT2D eigenvalue weighted by atomic mass is 32.1. The molecule has 3 aromatic heterocycles. The third-order valence-electron chi connectivity index (χ3n) is 8.77. The van der Waals surface area contributed by atoms with E-state index in [-0.39, 0.29) is 19.8 Å². The van der Waals surface area contributed by atoms with E-state index in [2.05, 4.69) is 48.1 Å². The lowest BCUT2D eigenvalue weighted by Crippen LogP contribution is -2.11. The smallest absolute Gasteiger partial charge is 0.174 e. The van der Waals surface area contributed by atoms with Gasteiger partial charge in [0.05, 0.1) is 19.8 Å². The zero-order valence-electron chi connectivity index (χ0n) is 25.9. The molecule has 0 radical (unpaired) electrons. The fourth-order valence-electron chi connectivity index (χ4n) is 6.52. The van der Waals surface area contributed by atoms with E-state index in [0.717, 1.165) is 57.8 Å². The summed E-state index contributed by atoms with van der Waals surface area (Å²) < 4.78 is 2.08. The summed E-state index contributed by atoms with van der Waals surface area (Å²) in [6, 6.07) is 0. The summed E-state index contributed by atoms with van der Waals surface area (Å²) in [6.45, 7) is 0.624. The molecule has 0 aliphatic heterocycles. The molecule has 6 rings (SSSR count). The summed E-state index contributed by atoms with van der Waals surface area (Å²) in [6.07, 6.45) is 25.3. The van der Waals surface area contributed by atoms with Gasteiger partial charge in [0.15, 0.2) is 14.3 Å². The number of H-pyrrole nitrogens is 6. The summed E-state index contributed by atoms with van der Waals surface area (Å²) in [5.74, 6) is 1.91. The van der Waals surface area contributed by atoms with Gasteiger partial charge in [-0.25, -0.2) is 0 Å². The summed E-state index contributed by atoms with van der Waals surface area (Å²) in [4.78, 5) is 18.3. The van der Waals surface area contributed by atoms with Crippen molar-refractivity contribution >= 4 is 36.7 Å². The minimum atomic E-state index is 0.208. The first-order valence-electron chi connectivity index (χ1n) is 16.0. The van der Waals surface area contributed by atoms with Gasteiger partial charge in [-0.05, 0) is 148 Å². The van der Waals surface area contributed by atoms with Crippen LogP contribution >= 0.6 is 36.7 Å². The van der Waals surface area contributed by atoms with Crippen LogP contribution in [0.15, 0.2) is 53.5 Å². The van der Waals surface area contributed by atoms with Gasteiger partial charge >= 0.3 is 0 Å². The molecule has 3 atom stereocenters. The lowest BCUT2D eigenvalue weighted by Gasteiger charge is -2.21. The second-order valence-corrected chi connectivity index (χ2v) is 13.6. The number of rotatable bonds is 9. The molecule has 3 aliphatic carbocycles. The molecule has 3 aliphatic rings. The van der Waals surface area contributed by atoms with E-state index in [4.69, 9.17) is 52.0 Å². The first-order valence-corrected chi connectivity index (χ1v) is 17.2. The molecule has 1 unspecified atom stereocenters. The predicted molar refractivity (Wildman–Crippen MR) is 187 cm³/mol. The van der Waals surface area contributed by atoms with E-state index in [9.17, 15) is 0 Å². The van der Waals surface area contributed by atoms with Gasteiger partial charge < -0.3 is 45.2 Å². The average molecular weight is 673 g/mol. The van der Waals surface area contributed by atoms with Gasteiger partial charge in [-0.15, -0.1) is 0 Å². The van der Waals surface area contributed by atoms with Crippen molar-refractivity contribution in [1.82, 2.24) is 29.9 Å². The van der Waals surface area contributed by atoms with E-state index in [1.165, 1.54) is 53.1 Å². The van der Waals surface area contributed by atoms with Crippen LogP contribution < -0.4 is 0 Å². The maximum absolute atomic E-state index is 9.08. The number of nitrogens with one attached hydrogen (secondary N) is 6. The van der Waals surface area contributed by atoms with Gasteiger partial charge in [0.1, 0.15) is 0 Å². The molecule has 0 saturated heterocycles. The monoisotopic (exact) mass is 672 g/mol. The second kappa shape index (κ2) is 18.5. The van der Waals surface area contributed by atoms with Crippen molar-refractivity contribution in [2.24, 2.45) is 17.8 Å². The Labute approximate surface area is 280 Å². The van der Waals surface area contributed by atoms with Crippen molar-refractivity contribution in [2.75, 3.05) is 19.8 Å². The normalized spacial score (nSPS) is 21.4. The molecule has 9 nitrogen and oxygen atoms in total. The second-order valence-electron chi connectivity index (χ2n) is 12.4. The van der Waals surface area contributed by atoms with Crippen molar-refractivity contribution in [2.45, 2.75) is 77.0 Å². The zero-order valence-corrected chi connectivity index (χ0v) is 28.3. The van der Waals surface area contributed by atoms with Crippen LogP contribution in [0.2, 0.25) is 0 Å². The molecule has 0 fully saturated rings. The van der Waals surface area contributed by atoms with E-state index >= 15 is 0 Å².